The number of ether oxygens (including phenoxy) is 3. The van der Waals surface area contributed by atoms with E-state index in [0.717, 1.165) is 15.2 Å². The summed E-state index contributed by atoms with van der Waals surface area (Å²) >= 11 is 0. The third-order valence-corrected chi connectivity index (χ3v) is 9.70. The standard InChI is InChI=1S/C33H31N3O7S/c1-34(2)22-8-6-20(7-9-22)18-35-19-21-16-27(33(38)43-5)31-30(29(21)32(35)37)26-17-24(42-4)12-15-28(26)36(31)44(39,40)25-13-10-23(41-3)11-14-25/h6-17H,18-19H2,1-5H3. The number of fused-ring (bicyclic) bond motifs is 5. The highest BCUT2D eigenvalue weighted by molar-refractivity contribution is 7.90. The highest BCUT2D eigenvalue weighted by atomic mass is 32.2. The summed E-state index contributed by atoms with van der Waals surface area (Å²) in [4.78, 5) is 31.1. The second-order valence-corrected chi connectivity index (χ2v) is 12.5. The smallest absolute Gasteiger partial charge is 0.340 e. The molecular formula is C33H31N3O7S. The average Bonchev–Trinajstić information content (AvgIpc) is 3.54. The van der Waals surface area contributed by atoms with Crippen molar-refractivity contribution in [3.63, 3.8) is 0 Å². The number of anilines is 1. The molecule has 0 atom stereocenters. The maximum absolute atomic E-state index is 14.3. The highest BCUT2D eigenvalue weighted by Gasteiger charge is 2.36. The van der Waals surface area contributed by atoms with E-state index in [2.05, 4.69) is 0 Å². The van der Waals surface area contributed by atoms with E-state index < -0.39 is 16.0 Å². The van der Waals surface area contributed by atoms with Crippen molar-refractivity contribution in [2.24, 2.45) is 0 Å². The molecule has 0 N–H and O–H groups in total. The second-order valence-electron chi connectivity index (χ2n) is 10.7. The molecule has 0 fully saturated rings. The summed E-state index contributed by atoms with van der Waals surface area (Å²) < 4.78 is 45.6. The van der Waals surface area contributed by atoms with Crippen LogP contribution in [0, 0.1) is 0 Å². The number of carbonyl (C=O) groups excluding carboxylic acids is 2. The Hall–Kier alpha value is -5.03. The molecule has 4 aromatic carbocycles. The lowest BCUT2D eigenvalue weighted by Crippen LogP contribution is -2.23. The number of amides is 1. The van der Waals surface area contributed by atoms with E-state index in [9.17, 15) is 18.0 Å². The number of hydrogen-bond acceptors (Lipinski definition) is 8. The lowest BCUT2D eigenvalue weighted by molar-refractivity contribution is 0.0602. The van der Waals surface area contributed by atoms with Gasteiger partial charge in [0.15, 0.2) is 0 Å². The van der Waals surface area contributed by atoms with Crippen molar-refractivity contribution in [2.45, 2.75) is 18.0 Å². The topological polar surface area (TPSA) is 107 Å². The van der Waals surface area contributed by atoms with Gasteiger partial charge in [-0.05, 0) is 71.8 Å². The maximum Gasteiger partial charge on any atom is 0.340 e. The van der Waals surface area contributed by atoms with Crippen LogP contribution in [0.2, 0.25) is 0 Å². The predicted octanol–water partition coefficient (Wildman–Crippen LogP) is 5.06. The van der Waals surface area contributed by atoms with Crippen molar-refractivity contribution < 1.29 is 32.2 Å². The first kappa shape index (κ1) is 29.1. The Morgan fingerprint density at radius 2 is 1.55 bits per heavy atom. The van der Waals surface area contributed by atoms with E-state index >= 15 is 0 Å². The number of rotatable bonds is 8. The molecule has 44 heavy (non-hydrogen) atoms. The summed E-state index contributed by atoms with van der Waals surface area (Å²) in [5.41, 5.74) is 3.33. The van der Waals surface area contributed by atoms with Crippen molar-refractivity contribution in [1.29, 1.82) is 0 Å². The minimum atomic E-state index is -4.28. The average molecular weight is 614 g/mol. The van der Waals surface area contributed by atoms with Gasteiger partial charge in [0.1, 0.15) is 11.5 Å². The normalized spacial score (nSPS) is 12.9. The zero-order valence-electron chi connectivity index (χ0n) is 25.0. The van der Waals surface area contributed by atoms with Crippen molar-refractivity contribution in [1.82, 2.24) is 8.87 Å². The van der Waals surface area contributed by atoms with Crippen LogP contribution in [0.4, 0.5) is 5.69 Å². The van der Waals surface area contributed by atoms with E-state index in [4.69, 9.17) is 14.2 Å². The first-order chi connectivity index (χ1) is 21.1. The predicted molar refractivity (Wildman–Crippen MR) is 167 cm³/mol. The van der Waals surface area contributed by atoms with Crippen molar-refractivity contribution >= 4 is 49.4 Å². The van der Waals surface area contributed by atoms with E-state index in [1.54, 1.807) is 41.3 Å². The molecule has 11 heteroatoms. The second kappa shape index (κ2) is 10.9. The number of aromatic nitrogens is 1. The molecule has 2 heterocycles. The number of carbonyl (C=O) groups is 2. The molecule has 1 aliphatic rings. The van der Waals surface area contributed by atoms with Crippen molar-refractivity contribution in [3.05, 3.63) is 95.1 Å². The van der Waals surface area contributed by atoms with Gasteiger partial charge in [0.05, 0.1) is 48.4 Å². The molecule has 10 nitrogen and oxygen atoms in total. The summed E-state index contributed by atoms with van der Waals surface area (Å²) in [5, 5.41) is 0.813. The summed E-state index contributed by atoms with van der Waals surface area (Å²) in [6.07, 6.45) is 0. The molecule has 5 aromatic rings. The van der Waals surface area contributed by atoms with Gasteiger partial charge in [-0.1, -0.05) is 12.1 Å². The number of esters is 1. The minimum absolute atomic E-state index is 0.0154. The van der Waals surface area contributed by atoms with Crippen LogP contribution >= 0.6 is 0 Å². The minimum Gasteiger partial charge on any atom is -0.497 e. The van der Waals surface area contributed by atoms with Crippen LogP contribution in [0.5, 0.6) is 11.5 Å². The van der Waals surface area contributed by atoms with Gasteiger partial charge in [0.25, 0.3) is 15.9 Å². The molecule has 1 amide bonds. The Labute approximate surface area is 255 Å². The number of methoxy groups -OCH3 is 3. The Kier molecular flexibility index (Phi) is 7.21. The molecule has 0 spiro atoms. The first-order valence-corrected chi connectivity index (χ1v) is 15.2. The van der Waals surface area contributed by atoms with Gasteiger partial charge in [-0.15, -0.1) is 0 Å². The van der Waals surface area contributed by atoms with Crippen LogP contribution in [0.15, 0.2) is 77.7 Å². The van der Waals surface area contributed by atoms with Gasteiger partial charge < -0.3 is 24.0 Å². The lowest BCUT2D eigenvalue weighted by Gasteiger charge is -2.17. The zero-order valence-corrected chi connectivity index (χ0v) is 25.8. The number of benzene rings is 4. The molecule has 0 bridgehead atoms. The molecule has 0 aliphatic carbocycles. The van der Waals surface area contributed by atoms with E-state index in [0.29, 0.717) is 45.5 Å². The third kappa shape index (κ3) is 4.60. The SMILES string of the molecule is COC(=O)c1cc2c(c3c4cc(OC)ccc4n(S(=O)(=O)c4ccc(OC)cc4)c13)C(=O)N(Cc1ccc(N(C)C)cc1)C2. The Balaban J connectivity index is 1.61. The summed E-state index contributed by atoms with van der Waals surface area (Å²) in [5.74, 6) is -0.0179. The summed E-state index contributed by atoms with van der Waals surface area (Å²) in [6, 6.07) is 20.4. The lowest BCUT2D eigenvalue weighted by atomic mass is 9.98. The van der Waals surface area contributed by atoms with Crippen molar-refractivity contribution in [3.8, 4) is 11.5 Å². The van der Waals surface area contributed by atoms with Gasteiger partial charge in [0, 0.05) is 43.6 Å². The van der Waals surface area contributed by atoms with Crippen LogP contribution in [-0.2, 0) is 27.8 Å². The van der Waals surface area contributed by atoms with Crippen LogP contribution in [0.1, 0.15) is 31.8 Å². The van der Waals surface area contributed by atoms with Crippen LogP contribution in [0.25, 0.3) is 21.8 Å². The molecule has 6 rings (SSSR count). The van der Waals surface area contributed by atoms with Gasteiger partial charge in [-0.2, -0.15) is 0 Å². The monoisotopic (exact) mass is 613 g/mol. The fourth-order valence-electron chi connectivity index (χ4n) is 5.76. The van der Waals surface area contributed by atoms with E-state index in [1.807, 2.05) is 43.3 Å². The molecular weight excluding hydrogens is 582 g/mol. The van der Waals surface area contributed by atoms with E-state index in [-0.39, 0.29) is 28.4 Å². The van der Waals surface area contributed by atoms with Gasteiger partial charge in [-0.25, -0.2) is 17.2 Å². The molecule has 0 saturated carbocycles. The van der Waals surface area contributed by atoms with Crippen molar-refractivity contribution in [2.75, 3.05) is 40.3 Å². The van der Waals surface area contributed by atoms with Crippen LogP contribution in [0.3, 0.4) is 0 Å². The Morgan fingerprint density at radius 1 is 0.886 bits per heavy atom. The fourth-order valence-corrected chi connectivity index (χ4v) is 7.30. The fraction of sp³-hybridized carbons (Fsp3) is 0.212. The molecule has 1 aromatic heterocycles. The quantitative estimate of drug-likeness (QED) is 0.224. The molecule has 226 valence electrons. The highest BCUT2D eigenvalue weighted by Crippen LogP contribution is 2.42. The molecule has 0 saturated heterocycles. The van der Waals surface area contributed by atoms with Gasteiger partial charge in [0.2, 0.25) is 0 Å². The van der Waals surface area contributed by atoms with E-state index in [1.165, 1.54) is 33.5 Å². The third-order valence-electron chi connectivity index (χ3n) is 7.97. The zero-order chi connectivity index (χ0) is 31.3. The largest absolute Gasteiger partial charge is 0.497 e. The van der Waals surface area contributed by atoms with Gasteiger partial charge in [-0.3, -0.25) is 4.79 Å². The maximum atomic E-state index is 14.3. The summed E-state index contributed by atoms with van der Waals surface area (Å²) in [6.45, 7) is 0.577. The van der Waals surface area contributed by atoms with Crippen LogP contribution in [-0.4, -0.2) is 64.6 Å². The molecule has 0 unspecified atom stereocenters. The molecule has 1 aliphatic heterocycles. The Morgan fingerprint density at radius 3 is 2.16 bits per heavy atom. The first-order valence-electron chi connectivity index (χ1n) is 13.8. The number of hydrogen-bond donors (Lipinski definition) is 0. The summed E-state index contributed by atoms with van der Waals surface area (Å²) in [7, 11) is 3.87. The Bertz CT molecular complexity index is 2050. The van der Waals surface area contributed by atoms with Gasteiger partial charge >= 0.3 is 5.97 Å². The van der Waals surface area contributed by atoms with Crippen LogP contribution < -0.4 is 14.4 Å². The number of nitrogens with zero attached hydrogens (tertiary/aromatic N) is 3. The molecule has 0 radical (unpaired) electrons.